The zero-order valence-corrected chi connectivity index (χ0v) is 15.2. The molecule has 1 N–H and O–H groups in total. The number of benzene rings is 1. The molecule has 6 nitrogen and oxygen atoms in total. The largest absolute Gasteiger partial charge is 0.452 e. The molecule has 7 heteroatoms. The molecular formula is C18H22N2O4S. The molecule has 0 saturated carbocycles. The van der Waals surface area contributed by atoms with Gasteiger partial charge in [-0.1, -0.05) is 12.1 Å². The molecule has 2 amide bonds. The molecule has 1 saturated heterocycles. The van der Waals surface area contributed by atoms with E-state index in [1.807, 2.05) is 30.5 Å². The Labute approximate surface area is 151 Å². The van der Waals surface area contributed by atoms with E-state index in [-0.39, 0.29) is 24.8 Å². The SMILES string of the molecule is C=CCNC(=O)[C@H](C)OC(=O)[C@@H]1CC(=O)N(c2cccc(SC)c2)C1. The standard InChI is InChI=1S/C18H22N2O4S/c1-4-8-19-17(22)12(2)24-18(23)13-9-16(21)20(11-13)14-6-5-7-15(10-14)25-3/h4-7,10,12-13H,1,8-9,11H2,2-3H3,(H,19,22)/t12-,13+/m0/s1. The lowest BCUT2D eigenvalue weighted by Gasteiger charge is -2.18. The summed E-state index contributed by atoms with van der Waals surface area (Å²) >= 11 is 1.59. The van der Waals surface area contributed by atoms with Crippen LogP contribution in [0.5, 0.6) is 0 Å². The van der Waals surface area contributed by atoms with E-state index in [0.29, 0.717) is 6.54 Å². The second kappa shape index (κ2) is 8.71. The van der Waals surface area contributed by atoms with Crippen LogP contribution in [0.3, 0.4) is 0 Å². The highest BCUT2D eigenvalue weighted by Crippen LogP contribution is 2.28. The monoisotopic (exact) mass is 362 g/mol. The fourth-order valence-electron chi connectivity index (χ4n) is 2.53. The van der Waals surface area contributed by atoms with Crippen molar-refractivity contribution in [1.29, 1.82) is 0 Å². The Balaban J connectivity index is 1.98. The number of nitrogens with zero attached hydrogens (tertiary/aromatic N) is 1. The second-order valence-corrected chi connectivity index (χ2v) is 6.60. The summed E-state index contributed by atoms with van der Waals surface area (Å²) in [4.78, 5) is 38.9. The molecule has 1 aromatic carbocycles. The molecular weight excluding hydrogens is 340 g/mol. The molecule has 0 bridgehead atoms. The number of rotatable bonds is 7. The molecule has 0 aromatic heterocycles. The summed E-state index contributed by atoms with van der Waals surface area (Å²) in [6, 6.07) is 7.61. The minimum absolute atomic E-state index is 0.0866. The molecule has 1 fully saturated rings. The van der Waals surface area contributed by atoms with Crippen LogP contribution in [0, 0.1) is 5.92 Å². The van der Waals surface area contributed by atoms with E-state index in [1.54, 1.807) is 22.7 Å². The highest BCUT2D eigenvalue weighted by atomic mass is 32.2. The smallest absolute Gasteiger partial charge is 0.312 e. The van der Waals surface area contributed by atoms with Gasteiger partial charge in [0.15, 0.2) is 6.10 Å². The first kappa shape index (κ1) is 19.1. The number of carbonyl (C=O) groups excluding carboxylic acids is 3. The molecule has 0 spiro atoms. The minimum Gasteiger partial charge on any atom is -0.452 e. The van der Waals surface area contributed by atoms with Gasteiger partial charge in [-0.25, -0.2) is 0 Å². The van der Waals surface area contributed by atoms with Gasteiger partial charge >= 0.3 is 5.97 Å². The number of nitrogens with one attached hydrogen (secondary N) is 1. The van der Waals surface area contributed by atoms with Gasteiger partial charge in [-0.2, -0.15) is 0 Å². The van der Waals surface area contributed by atoms with Crippen molar-refractivity contribution in [3.05, 3.63) is 36.9 Å². The molecule has 1 aromatic rings. The van der Waals surface area contributed by atoms with E-state index in [1.165, 1.54) is 6.92 Å². The summed E-state index contributed by atoms with van der Waals surface area (Å²) < 4.78 is 5.20. The molecule has 2 rings (SSSR count). The van der Waals surface area contributed by atoms with Crippen LogP contribution in [0.1, 0.15) is 13.3 Å². The Bertz CT molecular complexity index is 677. The van der Waals surface area contributed by atoms with Gasteiger partial charge in [-0.15, -0.1) is 18.3 Å². The molecule has 1 aliphatic heterocycles. The molecule has 0 unspecified atom stereocenters. The Kier molecular flexibility index (Phi) is 6.64. The minimum atomic E-state index is -0.906. The number of hydrogen-bond acceptors (Lipinski definition) is 5. The molecule has 0 aliphatic carbocycles. The number of esters is 1. The first-order chi connectivity index (χ1) is 12.0. The fourth-order valence-corrected chi connectivity index (χ4v) is 2.99. The molecule has 2 atom stereocenters. The summed E-state index contributed by atoms with van der Waals surface area (Å²) in [5, 5.41) is 2.57. The first-order valence-corrected chi connectivity index (χ1v) is 9.22. The lowest BCUT2D eigenvalue weighted by atomic mass is 10.1. The Hall–Kier alpha value is -2.28. The van der Waals surface area contributed by atoms with Crippen LogP contribution in [-0.2, 0) is 19.1 Å². The maximum absolute atomic E-state index is 12.3. The highest BCUT2D eigenvalue weighted by Gasteiger charge is 2.37. The van der Waals surface area contributed by atoms with Crippen molar-refractivity contribution in [2.45, 2.75) is 24.3 Å². The maximum atomic E-state index is 12.3. The quantitative estimate of drug-likeness (QED) is 0.456. The second-order valence-electron chi connectivity index (χ2n) is 5.72. The average molecular weight is 362 g/mol. The van der Waals surface area contributed by atoms with E-state index >= 15 is 0 Å². The van der Waals surface area contributed by atoms with Crippen molar-refractivity contribution < 1.29 is 19.1 Å². The first-order valence-electron chi connectivity index (χ1n) is 7.99. The molecule has 1 heterocycles. The number of hydrogen-bond donors (Lipinski definition) is 1. The lowest BCUT2D eigenvalue weighted by Crippen LogP contribution is -2.37. The van der Waals surface area contributed by atoms with Crippen LogP contribution in [0.25, 0.3) is 0 Å². The van der Waals surface area contributed by atoms with E-state index in [0.717, 1.165) is 10.6 Å². The third-order valence-electron chi connectivity index (χ3n) is 3.91. The topological polar surface area (TPSA) is 75.7 Å². The van der Waals surface area contributed by atoms with Crippen molar-refractivity contribution >= 4 is 35.2 Å². The van der Waals surface area contributed by atoms with E-state index < -0.39 is 18.0 Å². The van der Waals surface area contributed by atoms with Gasteiger partial charge in [0.1, 0.15) is 0 Å². The summed E-state index contributed by atoms with van der Waals surface area (Å²) in [6.45, 7) is 5.58. The van der Waals surface area contributed by atoms with Crippen molar-refractivity contribution in [2.75, 3.05) is 24.2 Å². The summed E-state index contributed by atoms with van der Waals surface area (Å²) in [5.41, 5.74) is 0.768. The molecule has 25 heavy (non-hydrogen) atoms. The van der Waals surface area contributed by atoms with Crippen LogP contribution in [0.2, 0.25) is 0 Å². The maximum Gasteiger partial charge on any atom is 0.312 e. The average Bonchev–Trinajstić information content (AvgIpc) is 3.01. The third-order valence-corrected chi connectivity index (χ3v) is 4.63. The van der Waals surface area contributed by atoms with Crippen LogP contribution < -0.4 is 10.2 Å². The summed E-state index contributed by atoms with van der Waals surface area (Å²) in [6.07, 6.45) is 2.69. The van der Waals surface area contributed by atoms with E-state index in [2.05, 4.69) is 11.9 Å². The highest BCUT2D eigenvalue weighted by molar-refractivity contribution is 7.98. The van der Waals surface area contributed by atoms with Crippen molar-refractivity contribution in [3.8, 4) is 0 Å². The Morgan fingerprint density at radius 2 is 2.28 bits per heavy atom. The van der Waals surface area contributed by atoms with E-state index in [9.17, 15) is 14.4 Å². The van der Waals surface area contributed by atoms with Crippen LogP contribution in [0.15, 0.2) is 41.8 Å². The number of carbonyl (C=O) groups is 3. The number of ether oxygens (including phenoxy) is 1. The van der Waals surface area contributed by atoms with Crippen LogP contribution >= 0.6 is 11.8 Å². The molecule has 0 radical (unpaired) electrons. The van der Waals surface area contributed by atoms with Gasteiger partial charge in [0, 0.05) is 30.1 Å². The number of thioether (sulfide) groups is 1. The van der Waals surface area contributed by atoms with Crippen LogP contribution in [-0.4, -0.2) is 43.2 Å². The van der Waals surface area contributed by atoms with Crippen molar-refractivity contribution in [1.82, 2.24) is 5.32 Å². The summed E-state index contributed by atoms with van der Waals surface area (Å²) in [5.74, 6) is -1.61. The molecule has 134 valence electrons. The van der Waals surface area contributed by atoms with Gasteiger partial charge in [-0.3, -0.25) is 14.4 Å². The van der Waals surface area contributed by atoms with Gasteiger partial charge in [0.25, 0.3) is 5.91 Å². The lowest BCUT2D eigenvalue weighted by molar-refractivity contribution is -0.158. The fraction of sp³-hybridized carbons (Fsp3) is 0.389. The zero-order chi connectivity index (χ0) is 18.4. The summed E-state index contributed by atoms with van der Waals surface area (Å²) in [7, 11) is 0. The van der Waals surface area contributed by atoms with Crippen molar-refractivity contribution in [3.63, 3.8) is 0 Å². The van der Waals surface area contributed by atoms with Crippen molar-refractivity contribution in [2.24, 2.45) is 5.92 Å². The van der Waals surface area contributed by atoms with Crippen LogP contribution in [0.4, 0.5) is 5.69 Å². The number of anilines is 1. The van der Waals surface area contributed by atoms with Gasteiger partial charge in [0.2, 0.25) is 5.91 Å². The third kappa shape index (κ3) is 4.85. The zero-order valence-electron chi connectivity index (χ0n) is 14.4. The predicted octanol–water partition coefficient (Wildman–Crippen LogP) is 2.00. The normalized spacial score (nSPS) is 17.9. The predicted molar refractivity (Wildman–Crippen MR) is 97.4 cm³/mol. The van der Waals surface area contributed by atoms with Gasteiger partial charge in [0.05, 0.1) is 5.92 Å². The Morgan fingerprint density at radius 3 is 2.96 bits per heavy atom. The van der Waals surface area contributed by atoms with E-state index in [4.69, 9.17) is 4.74 Å². The van der Waals surface area contributed by atoms with Gasteiger partial charge < -0.3 is 15.0 Å². The Morgan fingerprint density at radius 1 is 1.52 bits per heavy atom. The van der Waals surface area contributed by atoms with Gasteiger partial charge in [-0.05, 0) is 31.4 Å². The molecule has 1 aliphatic rings. The number of amides is 2.